The first-order chi connectivity index (χ1) is 10.2. The van der Waals surface area contributed by atoms with Crippen LogP contribution in [0.25, 0.3) is 0 Å². The van der Waals surface area contributed by atoms with Gasteiger partial charge in [0.2, 0.25) is 0 Å². The van der Waals surface area contributed by atoms with Crippen molar-refractivity contribution in [2.24, 2.45) is 0 Å². The van der Waals surface area contributed by atoms with Crippen LogP contribution < -0.4 is 14.8 Å². The van der Waals surface area contributed by atoms with Crippen LogP contribution in [0.1, 0.15) is 12.5 Å². The largest absolute Gasteiger partial charge is 0.493 e. The molecule has 0 aliphatic rings. The Bertz CT molecular complexity index is 619. The Morgan fingerprint density at radius 1 is 1.24 bits per heavy atom. The molecule has 2 aromatic rings. The number of benzene rings is 2. The van der Waals surface area contributed by atoms with Gasteiger partial charge < -0.3 is 14.8 Å². The zero-order chi connectivity index (χ0) is 15.2. The van der Waals surface area contributed by atoms with Crippen LogP contribution in [0, 0.1) is 0 Å². The van der Waals surface area contributed by atoms with E-state index in [0.717, 1.165) is 27.2 Å². The van der Waals surface area contributed by atoms with Crippen molar-refractivity contribution in [3.8, 4) is 11.5 Å². The number of ether oxygens (including phenoxy) is 2. The first-order valence-electron chi connectivity index (χ1n) is 6.63. The second-order valence-electron chi connectivity index (χ2n) is 4.36. The molecule has 0 spiro atoms. The van der Waals surface area contributed by atoms with Gasteiger partial charge in [0.1, 0.15) is 0 Å². The van der Waals surface area contributed by atoms with Crippen molar-refractivity contribution in [2.75, 3.05) is 19.0 Å². The number of para-hydroxylation sites is 1. The maximum absolute atomic E-state index is 5.94. The summed E-state index contributed by atoms with van der Waals surface area (Å²) in [5.74, 6) is 1.52. The smallest absolute Gasteiger partial charge is 0.165 e. The number of anilines is 1. The third kappa shape index (κ3) is 4.05. The molecule has 5 heteroatoms. The Hall–Kier alpha value is -1.39. The molecule has 0 radical (unpaired) electrons. The van der Waals surface area contributed by atoms with Gasteiger partial charge in [-0.05, 0) is 47.1 Å². The highest BCUT2D eigenvalue weighted by molar-refractivity contribution is 9.10. The SMILES string of the molecule is CCOc1cccc(CNc2ccc(Cl)cc2Br)c1OC. The zero-order valence-electron chi connectivity index (χ0n) is 12.0. The van der Waals surface area contributed by atoms with Gasteiger partial charge in [0.25, 0.3) is 0 Å². The van der Waals surface area contributed by atoms with E-state index in [1.165, 1.54) is 0 Å². The van der Waals surface area contributed by atoms with E-state index in [0.29, 0.717) is 18.2 Å². The van der Waals surface area contributed by atoms with E-state index in [1.54, 1.807) is 7.11 Å². The van der Waals surface area contributed by atoms with Crippen molar-refractivity contribution in [3.05, 3.63) is 51.5 Å². The van der Waals surface area contributed by atoms with Crippen LogP contribution in [0.4, 0.5) is 5.69 Å². The van der Waals surface area contributed by atoms with Gasteiger partial charge in [0.05, 0.1) is 13.7 Å². The lowest BCUT2D eigenvalue weighted by molar-refractivity contribution is 0.309. The minimum absolute atomic E-state index is 0.607. The summed E-state index contributed by atoms with van der Waals surface area (Å²) in [5, 5.41) is 4.06. The second-order valence-corrected chi connectivity index (χ2v) is 5.65. The molecule has 0 aromatic heterocycles. The summed E-state index contributed by atoms with van der Waals surface area (Å²) in [7, 11) is 1.65. The average molecular weight is 371 g/mol. The highest BCUT2D eigenvalue weighted by Crippen LogP contribution is 2.32. The van der Waals surface area contributed by atoms with Crippen LogP contribution in [-0.2, 0) is 6.54 Å². The van der Waals surface area contributed by atoms with Gasteiger partial charge in [-0.1, -0.05) is 23.7 Å². The fourth-order valence-electron chi connectivity index (χ4n) is 2.02. The van der Waals surface area contributed by atoms with Crippen LogP contribution in [0.15, 0.2) is 40.9 Å². The minimum atomic E-state index is 0.607. The highest BCUT2D eigenvalue weighted by Gasteiger charge is 2.10. The van der Waals surface area contributed by atoms with E-state index in [4.69, 9.17) is 21.1 Å². The quantitative estimate of drug-likeness (QED) is 0.765. The Morgan fingerprint density at radius 3 is 2.71 bits per heavy atom. The molecule has 0 saturated carbocycles. The Labute approximate surface area is 138 Å². The highest BCUT2D eigenvalue weighted by atomic mass is 79.9. The normalized spacial score (nSPS) is 10.3. The number of rotatable bonds is 6. The molecular formula is C16H17BrClNO2. The fourth-order valence-corrected chi connectivity index (χ4v) is 2.85. The lowest BCUT2D eigenvalue weighted by Gasteiger charge is -2.15. The lowest BCUT2D eigenvalue weighted by Crippen LogP contribution is -2.04. The molecule has 2 aromatic carbocycles. The summed E-state index contributed by atoms with van der Waals surface area (Å²) in [5.41, 5.74) is 2.01. The van der Waals surface area contributed by atoms with Gasteiger partial charge in [0.15, 0.2) is 11.5 Å². The minimum Gasteiger partial charge on any atom is -0.493 e. The van der Waals surface area contributed by atoms with Crippen LogP contribution in [0.5, 0.6) is 11.5 Å². The first kappa shape index (κ1) is 16.0. The molecule has 0 fully saturated rings. The van der Waals surface area contributed by atoms with Crippen LogP contribution in [-0.4, -0.2) is 13.7 Å². The number of halogens is 2. The van der Waals surface area contributed by atoms with Crippen molar-refractivity contribution in [3.63, 3.8) is 0 Å². The van der Waals surface area contributed by atoms with Crippen molar-refractivity contribution in [1.82, 2.24) is 0 Å². The van der Waals surface area contributed by atoms with E-state index in [1.807, 2.05) is 43.3 Å². The number of nitrogens with one attached hydrogen (secondary N) is 1. The Balaban J connectivity index is 2.17. The number of hydrogen-bond acceptors (Lipinski definition) is 3. The number of hydrogen-bond donors (Lipinski definition) is 1. The van der Waals surface area contributed by atoms with Crippen molar-refractivity contribution < 1.29 is 9.47 Å². The molecule has 0 heterocycles. The maximum atomic E-state index is 5.94. The molecule has 0 bridgehead atoms. The molecule has 21 heavy (non-hydrogen) atoms. The van der Waals surface area contributed by atoms with E-state index < -0.39 is 0 Å². The Kier molecular flexibility index (Phi) is 5.76. The molecule has 112 valence electrons. The van der Waals surface area contributed by atoms with Crippen molar-refractivity contribution in [1.29, 1.82) is 0 Å². The van der Waals surface area contributed by atoms with Gasteiger partial charge in [-0.2, -0.15) is 0 Å². The molecule has 0 amide bonds. The maximum Gasteiger partial charge on any atom is 0.165 e. The monoisotopic (exact) mass is 369 g/mol. The predicted octanol–water partition coefficient (Wildman–Crippen LogP) is 5.12. The number of methoxy groups -OCH3 is 1. The lowest BCUT2D eigenvalue weighted by atomic mass is 10.1. The predicted molar refractivity (Wildman–Crippen MR) is 90.6 cm³/mol. The van der Waals surface area contributed by atoms with Crippen LogP contribution >= 0.6 is 27.5 Å². The average Bonchev–Trinajstić information content (AvgIpc) is 2.47. The fraction of sp³-hybridized carbons (Fsp3) is 0.250. The second kappa shape index (κ2) is 7.57. The molecule has 3 nitrogen and oxygen atoms in total. The molecule has 1 N–H and O–H groups in total. The van der Waals surface area contributed by atoms with Gasteiger partial charge >= 0.3 is 0 Å². The van der Waals surface area contributed by atoms with E-state index >= 15 is 0 Å². The summed E-state index contributed by atoms with van der Waals surface area (Å²) in [6.45, 7) is 3.19. The zero-order valence-corrected chi connectivity index (χ0v) is 14.3. The summed E-state index contributed by atoms with van der Waals surface area (Å²) in [6, 6.07) is 11.5. The molecule has 0 unspecified atom stereocenters. The van der Waals surface area contributed by atoms with Crippen molar-refractivity contribution >= 4 is 33.2 Å². The van der Waals surface area contributed by atoms with Crippen molar-refractivity contribution in [2.45, 2.75) is 13.5 Å². The molecule has 0 saturated heterocycles. The summed E-state index contributed by atoms with van der Waals surface area (Å²) < 4.78 is 12.0. The van der Waals surface area contributed by atoms with Gasteiger partial charge in [-0.3, -0.25) is 0 Å². The van der Waals surface area contributed by atoms with Gasteiger partial charge in [-0.15, -0.1) is 0 Å². The van der Waals surface area contributed by atoms with Crippen LogP contribution in [0.2, 0.25) is 5.02 Å². The molecule has 0 atom stereocenters. The summed E-state index contributed by atoms with van der Waals surface area (Å²) in [6.07, 6.45) is 0. The molecule has 0 aliphatic heterocycles. The standard InChI is InChI=1S/C16H17BrClNO2/c1-3-21-15-6-4-5-11(16(15)20-2)10-19-14-8-7-12(18)9-13(14)17/h4-9,19H,3,10H2,1-2H3. The van der Waals surface area contributed by atoms with E-state index in [-0.39, 0.29) is 0 Å². The molecule has 0 aliphatic carbocycles. The van der Waals surface area contributed by atoms with E-state index in [2.05, 4.69) is 21.2 Å². The summed E-state index contributed by atoms with van der Waals surface area (Å²) >= 11 is 9.44. The molecule has 2 rings (SSSR count). The first-order valence-corrected chi connectivity index (χ1v) is 7.80. The Morgan fingerprint density at radius 2 is 2.05 bits per heavy atom. The third-order valence-electron chi connectivity index (χ3n) is 2.96. The third-order valence-corrected chi connectivity index (χ3v) is 3.86. The van der Waals surface area contributed by atoms with Gasteiger partial charge in [0, 0.05) is 27.3 Å². The topological polar surface area (TPSA) is 30.5 Å². The molecular weight excluding hydrogens is 354 g/mol. The summed E-state index contributed by atoms with van der Waals surface area (Å²) in [4.78, 5) is 0. The van der Waals surface area contributed by atoms with E-state index in [9.17, 15) is 0 Å². The van der Waals surface area contributed by atoms with Gasteiger partial charge in [-0.25, -0.2) is 0 Å². The van der Waals surface area contributed by atoms with Crippen LogP contribution in [0.3, 0.4) is 0 Å².